The summed E-state index contributed by atoms with van der Waals surface area (Å²) < 4.78 is 4.81. The predicted octanol–water partition coefficient (Wildman–Crippen LogP) is 0.902. The van der Waals surface area contributed by atoms with E-state index in [1.165, 1.54) is 6.07 Å². The Hall–Kier alpha value is -2.50. The number of phenols is 2. The van der Waals surface area contributed by atoms with Crippen LogP contribution in [0, 0.1) is 0 Å². The van der Waals surface area contributed by atoms with E-state index in [9.17, 15) is 14.7 Å². The summed E-state index contributed by atoms with van der Waals surface area (Å²) in [4.78, 5) is 22.2. The summed E-state index contributed by atoms with van der Waals surface area (Å²) in [6, 6.07) is 2.27. The minimum absolute atomic E-state index is 0.102. The van der Waals surface area contributed by atoms with Crippen molar-refractivity contribution in [3.05, 3.63) is 34.2 Å². The van der Waals surface area contributed by atoms with Gasteiger partial charge in [0.05, 0.1) is 5.39 Å². The number of hydrogen-bond donors (Lipinski definition) is 3. The fourth-order valence-corrected chi connectivity index (χ4v) is 1.32. The summed E-state index contributed by atoms with van der Waals surface area (Å²) in [7, 11) is 0. The van der Waals surface area contributed by atoms with Crippen LogP contribution in [0.3, 0.4) is 0 Å². The number of carbonyl (C=O) groups is 1. The van der Waals surface area contributed by atoms with E-state index in [0.717, 1.165) is 12.3 Å². The number of rotatable bonds is 1. The van der Waals surface area contributed by atoms with Crippen molar-refractivity contribution in [2.45, 2.75) is 0 Å². The van der Waals surface area contributed by atoms with Crippen molar-refractivity contribution in [3.8, 4) is 11.5 Å². The Morgan fingerprint density at radius 2 is 1.94 bits per heavy atom. The average molecular weight is 222 g/mol. The van der Waals surface area contributed by atoms with Gasteiger partial charge in [-0.05, 0) is 12.1 Å². The van der Waals surface area contributed by atoms with Gasteiger partial charge in [0, 0.05) is 0 Å². The molecule has 0 aliphatic rings. The summed E-state index contributed by atoms with van der Waals surface area (Å²) in [5.74, 6) is -2.45. The molecule has 0 radical (unpaired) electrons. The molecule has 1 aromatic carbocycles. The van der Waals surface area contributed by atoms with Crippen LogP contribution in [0.4, 0.5) is 0 Å². The largest absolute Gasteiger partial charge is 0.504 e. The van der Waals surface area contributed by atoms with Crippen LogP contribution in [0.2, 0.25) is 0 Å². The van der Waals surface area contributed by atoms with Gasteiger partial charge >= 0.3 is 5.97 Å². The third-order valence-electron chi connectivity index (χ3n) is 2.12. The Balaban J connectivity index is 2.93. The molecule has 3 N–H and O–H groups in total. The van der Waals surface area contributed by atoms with Gasteiger partial charge in [0.2, 0.25) is 11.2 Å². The summed E-state index contributed by atoms with van der Waals surface area (Å²) in [5, 5.41) is 27.1. The zero-order valence-electron chi connectivity index (χ0n) is 7.80. The van der Waals surface area contributed by atoms with E-state index >= 15 is 0 Å². The molecular weight excluding hydrogens is 216 g/mol. The molecule has 1 aromatic heterocycles. The first-order valence-electron chi connectivity index (χ1n) is 4.22. The number of fused-ring (bicyclic) bond motifs is 1. The summed E-state index contributed by atoms with van der Waals surface area (Å²) in [6.07, 6.45) is 0.728. The maximum atomic E-state index is 11.6. The SMILES string of the molecule is O=C(O)c1coc2c(O)c(O)ccc2c1=O. The second kappa shape index (κ2) is 3.27. The van der Waals surface area contributed by atoms with Crippen LogP contribution in [0.1, 0.15) is 10.4 Å². The number of aromatic hydroxyl groups is 2. The topological polar surface area (TPSA) is 108 Å². The number of aromatic carboxylic acids is 1. The number of carboxylic acid groups (broad SMARTS) is 1. The standard InChI is InChI=1S/C10H6O6/c11-6-2-1-4-7(12)5(10(14)15)3-16-9(4)8(6)13/h1-3,11,13H,(H,14,15). The first kappa shape index (κ1) is 10.0. The van der Waals surface area contributed by atoms with Crippen LogP contribution < -0.4 is 5.43 Å². The Morgan fingerprint density at radius 1 is 1.25 bits per heavy atom. The highest BCUT2D eigenvalue weighted by Gasteiger charge is 2.16. The molecular formula is C10H6O6. The molecule has 6 nitrogen and oxygen atoms in total. The quantitative estimate of drug-likeness (QED) is 0.618. The maximum Gasteiger partial charge on any atom is 0.342 e. The smallest absolute Gasteiger partial charge is 0.342 e. The first-order chi connectivity index (χ1) is 7.52. The molecule has 2 rings (SSSR count). The van der Waals surface area contributed by atoms with Gasteiger partial charge < -0.3 is 19.7 Å². The zero-order valence-corrected chi connectivity index (χ0v) is 7.80. The lowest BCUT2D eigenvalue weighted by molar-refractivity contribution is 0.0693. The van der Waals surface area contributed by atoms with Crippen molar-refractivity contribution in [1.29, 1.82) is 0 Å². The molecule has 0 bridgehead atoms. The Kier molecular flexibility index (Phi) is 2.05. The van der Waals surface area contributed by atoms with E-state index in [4.69, 9.17) is 14.6 Å². The molecule has 0 atom stereocenters. The highest BCUT2D eigenvalue weighted by molar-refractivity contribution is 5.93. The average Bonchev–Trinajstić information content (AvgIpc) is 2.23. The van der Waals surface area contributed by atoms with Gasteiger partial charge in [-0.3, -0.25) is 4.79 Å². The lowest BCUT2D eigenvalue weighted by Gasteiger charge is -2.02. The van der Waals surface area contributed by atoms with Crippen LogP contribution >= 0.6 is 0 Å². The van der Waals surface area contributed by atoms with E-state index < -0.39 is 28.5 Å². The van der Waals surface area contributed by atoms with Gasteiger partial charge in [-0.2, -0.15) is 0 Å². The van der Waals surface area contributed by atoms with Gasteiger partial charge in [0.1, 0.15) is 11.8 Å². The number of phenolic OH excluding ortho intramolecular Hbond substituents is 2. The van der Waals surface area contributed by atoms with Crippen molar-refractivity contribution < 1.29 is 24.5 Å². The van der Waals surface area contributed by atoms with Crippen molar-refractivity contribution in [1.82, 2.24) is 0 Å². The number of hydrogen-bond acceptors (Lipinski definition) is 5. The van der Waals surface area contributed by atoms with E-state index in [2.05, 4.69) is 0 Å². The maximum absolute atomic E-state index is 11.6. The summed E-state index contributed by atoms with van der Waals surface area (Å²) in [5.41, 5.74) is -1.54. The van der Waals surface area contributed by atoms with Gasteiger partial charge in [0.25, 0.3) is 0 Å². The monoisotopic (exact) mass is 222 g/mol. The molecule has 2 aromatic rings. The van der Waals surface area contributed by atoms with Crippen LogP contribution in [0.15, 0.2) is 27.6 Å². The third-order valence-corrected chi connectivity index (χ3v) is 2.12. The lowest BCUT2D eigenvalue weighted by atomic mass is 10.1. The Morgan fingerprint density at radius 3 is 2.56 bits per heavy atom. The highest BCUT2D eigenvalue weighted by atomic mass is 16.4. The van der Waals surface area contributed by atoms with Gasteiger partial charge in [-0.1, -0.05) is 0 Å². The van der Waals surface area contributed by atoms with Crippen LogP contribution in [0.25, 0.3) is 11.0 Å². The predicted molar refractivity (Wildman–Crippen MR) is 52.8 cm³/mol. The van der Waals surface area contributed by atoms with Crippen molar-refractivity contribution >= 4 is 16.9 Å². The van der Waals surface area contributed by atoms with Gasteiger partial charge in [-0.25, -0.2) is 4.79 Å². The third kappa shape index (κ3) is 1.28. The molecule has 0 saturated carbocycles. The van der Waals surface area contributed by atoms with Crippen molar-refractivity contribution in [2.75, 3.05) is 0 Å². The Bertz CT molecular complexity index is 640. The highest BCUT2D eigenvalue weighted by Crippen LogP contribution is 2.31. The molecule has 0 spiro atoms. The molecule has 0 amide bonds. The second-order valence-electron chi connectivity index (χ2n) is 3.09. The minimum atomic E-state index is -1.41. The Labute approximate surface area is 88.0 Å². The van der Waals surface area contributed by atoms with Crippen molar-refractivity contribution in [2.24, 2.45) is 0 Å². The molecule has 0 aliphatic heterocycles. The molecule has 0 aliphatic carbocycles. The fraction of sp³-hybridized carbons (Fsp3) is 0. The second-order valence-corrected chi connectivity index (χ2v) is 3.09. The van der Waals surface area contributed by atoms with Gasteiger partial charge in [-0.15, -0.1) is 0 Å². The van der Waals surface area contributed by atoms with Gasteiger partial charge in [0.15, 0.2) is 11.3 Å². The van der Waals surface area contributed by atoms with Crippen molar-refractivity contribution in [3.63, 3.8) is 0 Å². The lowest BCUT2D eigenvalue weighted by Crippen LogP contribution is -2.13. The minimum Gasteiger partial charge on any atom is -0.504 e. The summed E-state index contributed by atoms with van der Waals surface area (Å²) in [6.45, 7) is 0. The number of benzene rings is 1. The summed E-state index contributed by atoms with van der Waals surface area (Å²) >= 11 is 0. The molecule has 82 valence electrons. The first-order valence-corrected chi connectivity index (χ1v) is 4.22. The molecule has 1 heterocycles. The number of carboxylic acids is 1. The van der Waals surface area contributed by atoms with E-state index in [1.807, 2.05) is 0 Å². The van der Waals surface area contributed by atoms with E-state index in [1.54, 1.807) is 0 Å². The molecule has 0 unspecified atom stereocenters. The molecule has 16 heavy (non-hydrogen) atoms. The normalized spacial score (nSPS) is 10.5. The fourth-order valence-electron chi connectivity index (χ4n) is 1.32. The van der Waals surface area contributed by atoms with Crippen LogP contribution in [0.5, 0.6) is 11.5 Å². The zero-order chi connectivity index (χ0) is 11.9. The van der Waals surface area contributed by atoms with Crippen LogP contribution in [-0.2, 0) is 0 Å². The molecule has 0 fully saturated rings. The van der Waals surface area contributed by atoms with E-state index in [-0.39, 0.29) is 11.0 Å². The molecule has 6 heteroatoms. The molecule has 0 saturated heterocycles. The van der Waals surface area contributed by atoms with E-state index in [0.29, 0.717) is 0 Å². The van der Waals surface area contributed by atoms with Crippen LogP contribution in [-0.4, -0.2) is 21.3 Å².